The molecule has 0 saturated carbocycles. The molecule has 0 amide bonds. The normalized spacial score (nSPS) is 21.2. The van der Waals surface area contributed by atoms with Crippen LogP contribution >= 0.6 is 0 Å². The lowest BCUT2D eigenvalue weighted by Crippen LogP contribution is -2.18. The second kappa shape index (κ2) is 5.27. The van der Waals surface area contributed by atoms with Crippen LogP contribution in [0, 0.1) is 0 Å². The summed E-state index contributed by atoms with van der Waals surface area (Å²) in [6, 6.07) is 4.59. The summed E-state index contributed by atoms with van der Waals surface area (Å²) in [5.74, 6) is 0. The van der Waals surface area contributed by atoms with E-state index in [4.69, 9.17) is 5.11 Å². The third-order valence-electron chi connectivity index (χ3n) is 3.09. The molecule has 1 aromatic rings. The lowest BCUT2D eigenvalue weighted by atomic mass is 10.1. The summed E-state index contributed by atoms with van der Waals surface area (Å²) in [5.41, 5.74) is 2.12. The lowest BCUT2D eigenvalue weighted by Gasteiger charge is -2.18. The number of aromatic nitrogens is 1. The van der Waals surface area contributed by atoms with Crippen molar-refractivity contribution < 1.29 is 5.11 Å². The van der Waals surface area contributed by atoms with Gasteiger partial charge in [-0.2, -0.15) is 0 Å². The zero-order valence-corrected chi connectivity index (χ0v) is 9.69. The third kappa shape index (κ3) is 2.51. The van der Waals surface area contributed by atoms with Gasteiger partial charge in [-0.25, -0.2) is 0 Å². The van der Waals surface area contributed by atoms with Crippen LogP contribution < -0.4 is 5.32 Å². The van der Waals surface area contributed by atoms with Gasteiger partial charge in [0.15, 0.2) is 0 Å². The maximum atomic E-state index is 8.70. The molecule has 1 saturated heterocycles. The van der Waals surface area contributed by atoms with E-state index in [1.165, 1.54) is 12.8 Å². The van der Waals surface area contributed by atoms with E-state index in [2.05, 4.69) is 28.3 Å². The molecule has 0 spiro atoms. The van der Waals surface area contributed by atoms with Crippen LogP contribution in [0.3, 0.4) is 0 Å². The summed E-state index contributed by atoms with van der Waals surface area (Å²) < 4.78 is 0. The van der Waals surface area contributed by atoms with Gasteiger partial charge in [0.05, 0.1) is 30.2 Å². The van der Waals surface area contributed by atoms with Crippen molar-refractivity contribution in [1.29, 1.82) is 0 Å². The molecule has 1 unspecified atom stereocenters. The molecule has 1 aliphatic rings. The maximum absolute atomic E-state index is 8.70. The molecule has 16 heavy (non-hydrogen) atoms. The van der Waals surface area contributed by atoms with Gasteiger partial charge in [0.25, 0.3) is 0 Å². The molecular weight excluding hydrogens is 202 g/mol. The highest BCUT2D eigenvalue weighted by atomic mass is 16.3. The van der Waals surface area contributed by atoms with Crippen LogP contribution in [-0.4, -0.2) is 41.7 Å². The zero-order chi connectivity index (χ0) is 11.4. The molecule has 1 atom stereocenters. The predicted octanol–water partition coefficient (Wildman–Crippen LogP) is 1.25. The molecular formula is C12H19N3O. The van der Waals surface area contributed by atoms with Gasteiger partial charge in [-0.05, 0) is 38.6 Å². The van der Waals surface area contributed by atoms with Gasteiger partial charge >= 0.3 is 0 Å². The molecule has 0 aromatic carbocycles. The number of hydrogen-bond donors (Lipinski definition) is 2. The minimum absolute atomic E-state index is 0.146. The quantitative estimate of drug-likeness (QED) is 0.803. The lowest BCUT2D eigenvalue weighted by molar-refractivity contribution is 0.310. The molecule has 88 valence electrons. The van der Waals surface area contributed by atoms with Crippen LogP contribution in [0.25, 0.3) is 0 Å². The summed E-state index contributed by atoms with van der Waals surface area (Å²) in [7, 11) is 2.15. The number of nitrogens with one attached hydrogen (secondary N) is 1. The Morgan fingerprint density at radius 2 is 2.44 bits per heavy atom. The molecule has 0 bridgehead atoms. The first-order valence-electron chi connectivity index (χ1n) is 5.82. The number of aliphatic hydroxyl groups is 1. The number of pyridine rings is 1. The van der Waals surface area contributed by atoms with Gasteiger partial charge in [-0.1, -0.05) is 0 Å². The Morgan fingerprint density at radius 1 is 1.56 bits per heavy atom. The van der Waals surface area contributed by atoms with E-state index in [0.29, 0.717) is 12.6 Å². The van der Waals surface area contributed by atoms with Crippen LogP contribution in [0.1, 0.15) is 24.6 Å². The van der Waals surface area contributed by atoms with Crippen molar-refractivity contribution in [3.63, 3.8) is 0 Å². The highest BCUT2D eigenvalue weighted by Gasteiger charge is 2.23. The van der Waals surface area contributed by atoms with Gasteiger partial charge in [0, 0.05) is 6.54 Å². The van der Waals surface area contributed by atoms with E-state index in [1.807, 2.05) is 12.3 Å². The number of nitrogens with zero attached hydrogens (tertiary/aromatic N) is 2. The van der Waals surface area contributed by atoms with Crippen LogP contribution in [-0.2, 0) is 0 Å². The zero-order valence-electron chi connectivity index (χ0n) is 9.69. The summed E-state index contributed by atoms with van der Waals surface area (Å²) in [6.07, 6.45) is 4.30. The van der Waals surface area contributed by atoms with Gasteiger partial charge < -0.3 is 10.4 Å². The maximum Gasteiger partial charge on any atom is 0.0604 e. The minimum Gasteiger partial charge on any atom is -0.395 e. The smallest absolute Gasteiger partial charge is 0.0604 e. The van der Waals surface area contributed by atoms with E-state index in [1.54, 1.807) is 0 Å². The Labute approximate surface area is 96.3 Å². The third-order valence-corrected chi connectivity index (χ3v) is 3.09. The van der Waals surface area contributed by atoms with Crippen LogP contribution in [0.4, 0.5) is 5.69 Å². The Hall–Kier alpha value is -1.13. The Kier molecular flexibility index (Phi) is 3.74. The number of anilines is 1. The molecule has 4 nitrogen and oxygen atoms in total. The highest BCUT2D eigenvalue weighted by molar-refractivity contribution is 5.41. The van der Waals surface area contributed by atoms with E-state index < -0.39 is 0 Å². The van der Waals surface area contributed by atoms with Gasteiger partial charge in [0.1, 0.15) is 0 Å². The fourth-order valence-corrected chi connectivity index (χ4v) is 2.19. The van der Waals surface area contributed by atoms with Gasteiger partial charge in [-0.15, -0.1) is 0 Å². The first-order chi connectivity index (χ1) is 7.81. The van der Waals surface area contributed by atoms with Crippen molar-refractivity contribution in [2.75, 3.05) is 32.1 Å². The summed E-state index contributed by atoms with van der Waals surface area (Å²) in [6.45, 7) is 1.88. The Morgan fingerprint density at radius 3 is 3.00 bits per heavy atom. The molecule has 2 N–H and O–H groups in total. The average molecular weight is 221 g/mol. The minimum atomic E-state index is 0.146. The SMILES string of the molecule is CN1CCCC1c1ccc(NCCO)cn1. The van der Waals surface area contributed by atoms with Crippen molar-refractivity contribution in [2.45, 2.75) is 18.9 Å². The molecule has 1 aliphatic heterocycles. The second-order valence-corrected chi connectivity index (χ2v) is 4.26. The Balaban J connectivity index is 2.01. The standard InChI is InChI=1S/C12H19N3O/c1-15-7-2-3-12(15)11-5-4-10(9-14-11)13-6-8-16/h4-5,9,12-13,16H,2-3,6-8H2,1H3. The molecule has 2 heterocycles. The predicted molar refractivity (Wildman–Crippen MR) is 64.4 cm³/mol. The van der Waals surface area contributed by atoms with Crippen molar-refractivity contribution in [2.24, 2.45) is 0 Å². The highest BCUT2D eigenvalue weighted by Crippen LogP contribution is 2.29. The largest absolute Gasteiger partial charge is 0.395 e. The fourth-order valence-electron chi connectivity index (χ4n) is 2.19. The molecule has 4 heteroatoms. The molecule has 0 aliphatic carbocycles. The number of likely N-dealkylation sites (tertiary alicyclic amines) is 1. The van der Waals surface area contributed by atoms with Crippen LogP contribution in [0.5, 0.6) is 0 Å². The van der Waals surface area contributed by atoms with Crippen LogP contribution in [0.2, 0.25) is 0 Å². The first kappa shape index (κ1) is 11.4. The van der Waals surface area contributed by atoms with Crippen molar-refractivity contribution in [1.82, 2.24) is 9.88 Å². The van der Waals surface area contributed by atoms with Crippen molar-refractivity contribution in [3.05, 3.63) is 24.0 Å². The fraction of sp³-hybridized carbons (Fsp3) is 0.583. The van der Waals surface area contributed by atoms with Crippen molar-refractivity contribution >= 4 is 5.69 Å². The monoisotopic (exact) mass is 221 g/mol. The topological polar surface area (TPSA) is 48.4 Å². The number of hydrogen-bond acceptors (Lipinski definition) is 4. The van der Waals surface area contributed by atoms with E-state index in [-0.39, 0.29) is 6.61 Å². The number of rotatable bonds is 4. The summed E-state index contributed by atoms with van der Waals surface area (Å²) in [4.78, 5) is 6.83. The first-order valence-corrected chi connectivity index (χ1v) is 5.82. The van der Waals surface area contributed by atoms with Crippen molar-refractivity contribution in [3.8, 4) is 0 Å². The van der Waals surface area contributed by atoms with Gasteiger partial charge in [0.2, 0.25) is 0 Å². The average Bonchev–Trinajstić information content (AvgIpc) is 2.74. The Bertz CT molecular complexity index is 326. The number of aliphatic hydroxyl groups excluding tert-OH is 1. The van der Waals surface area contributed by atoms with Gasteiger partial charge in [-0.3, -0.25) is 9.88 Å². The molecule has 1 fully saturated rings. The summed E-state index contributed by atoms with van der Waals surface area (Å²) in [5, 5.41) is 11.8. The summed E-state index contributed by atoms with van der Waals surface area (Å²) >= 11 is 0. The molecule has 0 radical (unpaired) electrons. The van der Waals surface area contributed by atoms with E-state index in [0.717, 1.165) is 17.9 Å². The second-order valence-electron chi connectivity index (χ2n) is 4.26. The van der Waals surface area contributed by atoms with E-state index >= 15 is 0 Å². The molecule has 2 rings (SSSR count). The van der Waals surface area contributed by atoms with E-state index in [9.17, 15) is 0 Å². The molecule has 1 aromatic heterocycles. The van der Waals surface area contributed by atoms with Crippen LogP contribution in [0.15, 0.2) is 18.3 Å².